The summed E-state index contributed by atoms with van der Waals surface area (Å²) in [4.78, 5) is 46.8. The van der Waals surface area contributed by atoms with Crippen LogP contribution in [0.5, 0.6) is 0 Å². The molecule has 0 amide bonds. The molecule has 0 aliphatic rings. The van der Waals surface area contributed by atoms with Gasteiger partial charge in [0.1, 0.15) is 0 Å². The maximum atomic E-state index is 12.9. The lowest BCUT2D eigenvalue weighted by molar-refractivity contribution is -0.363. The number of rotatable bonds is 28. The Morgan fingerprint density at radius 2 is 1.38 bits per heavy atom. The number of carbonyl (C=O) groups is 2. The average molecular weight is 577 g/mol. The molecule has 0 saturated carbocycles. The molecule has 40 heavy (non-hydrogen) atoms. The first-order chi connectivity index (χ1) is 19.1. The summed E-state index contributed by atoms with van der Waals surface area (Å²) in [6.45, 7) is 12.1. The SMILES string of the molecule is CCCCCCCC(OOC(CC)CC)C(CO)CC(CCCC(=O)O)(CC(C)COOC(CC)CC)C(=O)O. The molecule has 0 aromatic rings. The van der Waals surface area contributed by atoms with Crippen molar-refractivity contribution in [3.05, 3.63) is 0 Å². The third-order valence-corrected chi connectivity index (χ3v) is 7.94. The molecule has 0 heterocycles. The summed E-state index contributed by atoms with van der Waals surface area (Å²) in [5.41, 5.74) is -1.25. The zero-order valence-electron chi connectivity index (χ0n) is 26.2. The summed E-state index contributed by atoms with van der Waals surface area (Å²) >= 11 is 0. The zero-order valence-corrected chi connectivity index (χ0v) is 26.2. The quantitative estimate of drug-likeness (QED) is 0.0497. The van der Waals surface area contributed by atoms with Crippen molar-refractivity contribution in [3.63, 3.8) is 0 Å². The second kappa shape index (κ2) is 23.3. The van der Waals surface area contributed by atoms with Crippen LogP contribution in [0, 0.1) is 17.3 Å². The number of unbranched alkanes of at least 4 members (excludes halogenated alkanes) is 4. The maximum absolute atomic E-state index is 12.9. The molecule has 0 saturated heterocycles. The summed E-state index contributed by atoms with van der Waals surface area (Å²) < 4.78 is 0. The number of carboxylic acids is 2. The van der Waals surface area contributed by atoms with Crippen LogP contribution in [0.4, 0.5) is 0 Å². The lowest BCUT2D eigenvalue weighted by Gasteiger charge is -2.37. The lowest BCUT2D eigenvalue weighted by Crippen LogP contribution is -2.40. The number of aliphatic carboxylic acids is 2. The van der Waals surface area contributed by atoms with Crippen LogP contribution in [0.3, 0.4) is 0 Å². The van der Waals surface area contributed by atoms with Gasteiger partial charge >= 0.3 is 11.9 Å². The molecule has 0 radical (unpaired) electrons. The molecule has 4 atom stereocenters. The first kappa shape index (κ1) is 38.7. The highest BCUT2D eigenvalue weighted by Gasteiger charge is 2.43. The molecule has 0 bridgehead atoms. The van der Waals surface area contributed by atoms with E-state index in [4.69, 9.17) is 19.6 Å². The molecule has 0 fully saturated rings. The van der Waals surface area contributed by atoms with Gasteiger partial charge < -0.3 is 15.3 Å². The summed E-state index contributed by atoms with van der Waals surface area (Å²) in [5, 5.41) is 30.3. The third-order valence-electron chi connectivity index (χ3n) is 7.94. The van der Waals surface area contributed by atoms with E-state index in [0.29, 0.717) is 6.42 Å². The van der Waals surface area contributed by atoms with E-state index in [2.05, 4.69) is 6.92 Å². The minimum Gasteiger partial charge on any atom is -0.481 e. The van der Waals surface area contributed by atoms with E-state index in [1.54, 1.807) is 0 Å². The van der Waals surface area contributed by atoms with Crippen molar-refractivity contribution >= 4 is 11.9 Å². The van der Waals surface area contributed by atoms with Crippen LogP contribution < -0.4 is 0 Å². The number of aliphatic hydroxyl groups excluding tert-OH is 1. The van der Waals surface area contributed by atoms with Crippen molar-refractivity contribution in [3.8, 4) is 0 Å². The van der Waals surface area contributed by atoms with Gasteiger partial charge in [0, 0.05) is 18.9 Å². The molecule has 0 spiro atoms. The van der Waals surface area contributed by atoms with Crippen LogP contribution in [-0.4, -0.2) is 58.8 Å². The molecule has 238 valence electrons. The van der Waals surface area contributed by atoms with Gasteiger partial charge in [0.2, 0.25) is 0 Å². The van der Waals surface area contributed by atoms with E-state index in [-0.39, 0.29) is 63.4 Å². The standard InChI is InChI=1S/C31H60O9/c1-7-12-13-14-15-17-28(40-39-27(10-4)11-5)25(22-32)21-31(30(35)36,19-16-18-29(33)34)20-24(6)23-37-38-26(8-2)9-3/h24-28,32H,7-23H2,1-6H3,(H,33,34)(H,35,36). The molecular formula is C31H60O9. The summed E-state index contributed by atoms with van der Waals surface area (Å²) in [6, 6.07) is 0. The Balaban J connectivity index is 5.85. The van der Waals surface area contributed by atoms with Gasteiger partial charge in [0.25, 0.3) is 0 Å². The van der Waals surface area contributed by atoms with E-state index in [0.717, 1.165) is 57.8 Å². The Morgan fingerprint density at radius 3 is 1.90 bits per heavy atom. The molecule has 0 aromatic heterocycles. The molecule has 3 N–H and O–H groups in total. The van der Waals surface area contributed by atoms with E-state index in [9.17, 15) is 24.9 Å². The minimum absolute atomic E-state index is 0.0175. The van der Waals surface area contributed by atoms with E-state index in [1.807, 2.05) is 34.6 Å². The Labute approximate surface area is 243 Å². The van der Waals surface area contributed by atoms with Gasteiger partial charge in [0.05, 0.1) is 30.3 Å². The highest BCUT2D eigenvalue weighted by atomic mass is 17.2. The predicted molar refractivity (Wildman–Crippen MR) is 156 cm³/mol. The fraction of sp³-hybridized carbons (Fsp3) is 0.935. The van der Waals surface area contributed by atoms with E-state index >= 15 is 0 Å². The average Bonchev–Trinajstić information content (AvgIpc) is 2.92. The first-order valence-corrected chi connectivity index (χ1v) is 15.8. The third kappa shape index (κ3) is 16.2. The van der Waals surface area contributed by atoms with Crippen LogP contribution in [0.1, 0.15) is 138 Å². The molecule has 0 rings (SSSR count). The van der Waals surface area contributed by atoms with Crippen LogP contribution in [0.2, 0.25) is 0 Å². The number of hydrogen-bond acceptors (Lipinski definition) is 7. The molecule has 4 unspecified atom stereocenters. The lowest BCUT2D eigenvalue weighted by atomic mass is 9.69. The Bertz CT molecular complexity index is 636. The van der Waals surface area contributed by atoms with Crippen LogP contribution in [-0.2, 0) is 29.1 Å². The highest BCUT2D eigenvalue weighted by Crippen LogP contribution is 2.41. The summed E-state index contributed by atoms with van der Waals surface area (Å²) in [7, 11) is 0. The van der Waals surface area contributed by atoms with Gasteiger partial charge in [-0.25, -0.2) is 19.6 Å². The molecular weight excluding hydrogens is 516 g/mol. The van der Waals surface area contributed by atoms with Crippen molar-refractivity contribution in [1.29, 1.82) is 0 Å². The van der Waals surface area contributed by atoms with Gasteiger partial charge in [-0.3, -0.25) is 9.59 Å². The number of aliphatic hydroxyl groups is 1. The molecule has 0 aliphatic carbocycles. The van der Waals surface area contributed by atoms with Gasteiger partial charge in [-0.2, -0.15) is 0 Å². The van der Waals surface area contributed by atoms with Crippen molar-refractivity contribution in [2.45, 2.75) is 156 Å². The molecule has 9 heteroatoms. The predicted octanol–water partition coefficient (Wildman–Crippen LogP) is 7.34. The number of carboxylic acid groups (broad SMARTS) is 2. The Kier molecular flexibility index (Phi) is 22.6. The zero-order chi connectivity index (χ0) is 30.4. The second-order valence-corrected chi connectivity index (χ2v) is 11.5. The minimum atomic E-state index is -1.25. The largest absolute Gasteiger partial charge is 0.481 e. The summed E-state index contributed by atoms with van der Waals surface area (Å²) in [6.07, 6.45) is 9.35. The van der Waals surface area contributed by atoms with E-state index < -0.39 is 29.4 Å². The normalized spacial score (nSPS) is 15.7. The highest BCUT2D eigenvalue weighted by molar-refractivity contribution is 5.75. The molecule has 9 nitrogen and oxygen atoms in total. The van der Waals surface area contributed by atoms with Crippen molar-refractivity contribution < 1.29 is 44.5 Å². The van der Waals surface area contributed by atoms with Crippen LogP contribution in [0.15, 0.2) is 0 Å². The van der Waals surface area contributed by atoms with Crippen LogP contribution in [0.25, 0.3) is 0 Å². The van der Waals surface area contributed by atoms with Crippen molar-refractivity contribution in [2.24, 2.45) is 17.3 Å². The van der Waals surface area contributed by atoms with Crippen LogP contribution >= 0.6 is 0 Å². The Hall–Kier alpha value is -1.26. The van der Waals surface area contributed by atoms with Gasteiger partial charge in [0.15, 0.2) is 0 Å². The number of hydrogen-bond donors (Lipinski definition) is 3. The van der Waals surface area contributed by atoms with Gasteiger partial charge in [-0.15, -0.1) is 0 Å². The van der Waals surface area contributed by atoms with Gasteiger partial charge in [-0.05, 0) is 63.7 Å². The maximum Gasteiger partial charge on any atom is 0.309 e. The van der Waals surface area contributed by atoms with Crippen molar-refractivity contribution in [1.82, 2.24) is 0 Å². The Morgan fingerprint density at radius 1 is 0.775 bits per heavy atom. The van der Waals surface area contributed by atoms with Gasteiger partial charge in [-0.1, -0.05) is 73.6 Å². The summed E-state index contributed by atoms with van der Waals surface area (Å²) in [5.74, 6) is -2.59. The second-order valence-electron chi connectivity index (χ2n) is 11.5. The topological polar surface area (TPSA) is 132 Å². The fourth-order valence-electron chi connectivity index (χ4n) is 5.25. The monoisotopic (exact) mass is 576 g/mol. The van der Waals surface area contributed by atoms with Crippen molar-refractivity contribution in [2.75, 3.05) is 13.2 Å². The van der Waals surface area contributed by atoms with E-state index in [1.165, 1.54) is 0 Å². The first-order valence-electron chi connectivity index (χ1n) is 15.8. The fourth-order valence-corrected chi connectivity index (χ4v) is 5.25. The molecule has 0 aromatic carbocycles. The smallest absolute Gasteiger partial charge is 0.309 e. The molecule has 0 aliphatic heterocycles.